The molecule has 0 spiro atoms. The van der Waals surface area contributed by atoms with Crippen LogP contribution in [0, 0.1) is 0 Å². The molecule has 16 heavy (non-hydrogen) atoms. The van der Waals surface area contributed by atoms with Crippen LogP contribution >= 0.6 is 11.6 Å². The van der Waals surface area contributed by atoms with Gasteiger partial charge in [0, 0.05) is 5.02 Å². The van der Waals surface area contributed by atoms with Crippen molar-refractivity contribution in [2.24, 2.45) is 0 Å². The van der Waals surface area contributed by atoms with Crippen LogP contribution in [0.5, 0.6) is 0 Å². The van der Waals surface area contributed by atoms with Crippen LogP contribution in [0.25, 0.3) is 0 Å². The molecule has 2 unspecified atom stereocenters. The van der Waals surface area contributed by atoms with Crippen molar-refractivity contribution >= 4 is 21.4 Å². The lowest BCUT2D eigenvalue weighted by molar-refractivity contribution is 0.183. The topological polar surface area (TPSA) is 54.4 Å². The first-order chi connectivity index (χ1) is 7.41. The second-order valence-corrected chi connectivity index (χ2v) is 6.84. The third-order valence-corrected chi connectivity index (χ3v) is 5.30. The average Bonchev–Trinajstić information content (AvgIpc) is 2.37. The van der Waals surface area contributed by atoms with Crippen molar-refractivity contribution in [3.8, 4) is 0 Å². The summed E-state index contributed by atoms with van der Waals surface area (Å²) >= 11 is 5.83. The first-order valence-corrected chi connectivity index (χ1v) is 7.04. The zero-order valence-electron chi connectivity index (χ0n) is 8.85. The maximum absolute atomic E-state index is 12.1. The van der Waals surface area contributed by atoms with Gasteiger partial charge in [-0.1, -0.05) is 11.6 Å². The highest BCUT2D eigenvalue weighted by atomic mass is 35.5. The monoisotopic (exact) mass is 260 g/mol. The van der Waals surface area contributed by atoms with E-state index in [0.717, 1.165) is 5.56 Å². The zero-order chi connectivity index (χ0) is 11.9. The standard InChI is InChI=1S/C11H13ClO3S/c1-7(13)4-10-6-8-5-9(12)2-3-11(8)16(10,14)15/h2-3,5,7,10,13H,4,6H2,1H3. The maximum Gasteiger partial charge on any atom is 0.181 e. The summed E-state index contributed by atoms with van der Waals surface area (Å²) in [6.45, 7) is 1.60. The molecule has 0 saturated carbocycles. The molecule has 3 nitrogen and oxygen atoms in total. The summed E-state index contributed by atoms with van der Waals surface area (Å²) < 4.78 is 24.2. The third kappa shape index (κ3) is 1.97. The van der Waals surface area contributed by atoms with Crippen molar-refractivity contribution in [2.45, 2.75) is 36.0 Å². The maximum atomic E-state index is 12.1. The predicted octanol–water partition coefficient (Wildman–Crippen LogP) is 1.81. The summed E-state index contributed by atoms with van der Waals surface area (Å²) in [6, 6.07) is 4.83. The predicted molar refractivity (Wildman–Crippen MR) is 62.4 cm³/mol. The second-order valence-electron chi connectivity index (χ2n) is 4.21. The summed E-state index contributed by atoms with van der Waals surface area (Å²) in [7, 11) is -3.28. The highest BCUT2D eigenvalue weighted by molar-refractivity contribution is 7.92. The van der Waals surface area contributed by atoms with E-state index in [-0.39, 0.29) is 6.42 Å². The largest absolute Gasteiger partial charge is 0.393 e. The van der Waals surface area contributed by atoms with Crippen LogP contribution in [0.2, 0.25) is 5.02 Å². The van der Waals surface area contributed by atoms with E-state index in [1.54, 1.807) is 25.1 Å². The van der Waals surface area contributed by atoms with Gasteiger partial charge in [-0.15, -0.1) is 0 Å². The van der Waals surface area contributed by atoms with Crippen molar-refractivity contribution in [1.29, 1.82) is 0 Å². The van der Waals surface area contributed by atoms with Crippen LogP contribution in [0.4, 0.5) is 0 Å². The van der Waals surface area contributed by atoms with Gasteiger partial charge in [0.1, 0.15) is 0 Å². The SMILES string of the molecule is CC(O)CC1Cc2cc(Cl)ccc2S1(=O)=O. The van der Waals surface area contributed by atoms with Gasteiger partial charge in [-0.25, -0.2) is 8.42 Å². The molecule has 1 aliphatic heterocycles. The van der Waals surface area contributed by atoms with Crippen molar-refractivity contribution in [3.63, 3.8) is 0 Å². The van der Waals surface area contributed by atoms with E-state index in [9.17, 15) is 13.5 Å². The van der Waals surface area contributed by atoms with E-state index in [1.165, 1.54) is 0 Å². The Balaban J connectivity index is 2.42. The molecule has 1 aromatic carbocycles. The van der Waals surface area contributed by atoms with Crippen LogP contribution in [0.1, 0.15) is 18.9 Å². The number of benzene rings is 1. The minimum absolute atomic E-state index is 0.272. The Morgan fingerprint density at radius 1 is 1.56 bits per heavy atom. The molecule has 88 valence electrons. The Hall–Kier alpha value is -0.580. The zero-order valence-corrected chi connectivity index (χ0v) is 10.4. The number of halogens is 1. The van der Waals surface area contributed by atoms with Gasteiger partial charge in [-0.2, -0.15) is 0 Å². The van der Waals surface area contributed by atoms with E-state index < -0.39 is 21.2 Å². The summed E-state index contributed by atoms with van der Waals surface area (Å²) in [6.07, 6.45) is 0.113. The van der Waals surface area contributed by atoms with Crippen molar-refractivity contribution < 1.29 is 13.5 Å². The highest BCUT2D eigenvalue weighted by Crippen LogP contribution is 2.34. The first-order valence-electron chi connectivity index (χ1n) is 5.11. The quantitative estimate of drug-likeness (QED) is 0.882. The van der Waals surface area contributed by atoms with Crippen LogP contribution in [0.15, 0.2) is 23.1 Å². The van der Waals surface area contributed by atoms with E-state index in [1.807, 2.05) is 0 Å². The van der Waals surface area contributed by atoms with Crippen molar-refractivity contribution in [3.05, 3.63) is 28.8 Å². The van der Waals surface area contributed by atoms with Gasteiger partial charge in [0.05, 0.1) is 16.2 Å². The summed E-state index contributed by atoms with van der Waals surface area (Å²) in [5.41, 5.74) is 0.762. The Morgan fingerprint density at radius 2 is 2.25 bits per heavy atom. The molecule has 2 rings (SSSR count). The van der Waals surface area contributed by atoms with Crippen LogP contribution < -0.4 is 0 Å². The lowest BCUT2D eigenvalue weighted by atomic mass is 10.1. The van der Waals surface area contributed by atoms with E-state index in [4.69, 9.17) is 11.6 Å². The number of rotatable bonds is 2. The molecule has 1 heterocycles. The van der Waals surface area contributed by atoms with Gasteiger partial charge >= 0.3 is 0 Å². The van der Waals surface area contributed by atoms with Gasteiger partial charge in [-0.3, -0.25) is 0 Å². The third-order valence-electron chi connectivity index (χ3n) is 2.82. The van der Waals surface area contributed by atoms with Crippen molar-refractivity contribution in [2.75, 3.05) is 0 Å². The van der Waals surface area contributed by atoms with Gasteiger partial charge < -0.3 is 5.11 Å². The smallest absolute Gasteiger partial charge is 0.181 e. The molecule has 0 bridgehead atoms. The Bertz CT molecular complexity index is 508. The summed E-state index contributed by atoms with van der Waals surface area (Å²) in [4.78, 5) is 0.363. The molecule has 0 saturated heterocycles. The van der Waals surface area contributed by atoms with Crippen LogP contribution in [0.3, 0.4) is 0 Å². The lowest BCUT2D eigenvalue weighted by Gasteiger charge is -2.10. The van der Waals surface area contributed by atoms with Crippen molar-refractivity contribution in [1.82, 2.24) is 0 Å². The molecule has 0 fully saturated rings. The number of hydrogen-bond donors (Lipinski definition) is 1. The number of hydrogen-bond acceptors (Lipinski definition) is 3. The van der Waals surface area contributed by atoms with Crippen LogP contribution in [-0.2, 0) is 16.3 Å². The molecule has 2 atom stereocenters. The van der Waals surface area contributed by atoms with E-state index in [0.29, 0.717) is 16.3 Å². The summed E-state index contributed by atoms with van der Waals surface area (Å²) in [5, 5.41) is 9.32. The minimum Gasteiger partial charge on any atom is -0.393 e. The number of sulfone groups is 1. The summed E-state index contributed by atoms with van der Waals surface area (Å²) in [5.74, 6) is 0. The molecule has 0 aromatic heterocycles. The molecule has 1 aliphatic rings. The number of aliphatic hydroxyl groups is 1. The fraction of sp³-hybridized carbons (Fsp3) is 0.455. The fourth-order valence-corrected chi connectivity index (χ4v) is 4.36. The molecular weight excluding hydrogens is 248 g/mol. The second kappa shape index (κ2) is 4.02. The van der Waals surface area contributed by atoms with Crippen LogP contribution in [-0.4, -0.2) is 24.9 Å². The average molecular weight is 261 g/mol. The fourth-order valence-electron chi connectivity index (χ4n) is 2.11. The van der Waals surface area contributed by atoms with Gasteiger partial charge in [0.15, 0.2) is 9.84 Å². The Labute approximate surface area is 100.0 Å². The highest BCUT2D eigenvalue weighted by Gasteiger charge is 2.37. The lowest BCUT2D eigenvalue weighted by Crippen LogP contribution is -2.22. The van der Waals surface area contributed by atoms with Gasteiger partial charge in [0.2, 0.25) is 0 Å². The van der Waals surface area contributed by atoms with Gasteiger partial charge in [-0.05, 0) is 43.5 Å². The Kier molecular flexibility index (Phi) is 2.99. The first kappa shape index (κ1) is 11.9. The van der Waals surface area contributed by atoms with Gasteiger partial charge in [0.25, 0.3) is 0 Å². The molecule has 0 radical (unpaired) electrons. The molecule has 0 aliphatic carbocycles. The van der Waals surface area contributed by atoms with E-state index in [2.05, 4.69) is 0 Å². The minimum atomic E-state index is -3.28. The number of aliphatic hydroxyl groups excluding tert-OH is 1. The molecular formula is C11H13ClO3S. The molecule has 5 heteroatoms. The van der Waals surface area contributed by atoms with E-state index >= 15 is 0 Å². The number of fused-ring (bicyclic) bond motifs is 1. The Morgan fingerprint density at radius 3 is 2.88 bits per heavy atom. The molecule has 0 amide bonds. The molecule has 1 N–H and O–H groups in total. The normalized spacial score (nSPS) is 24.1. The molecule has 1 aromatic rings.